The Morgan fingerprint density at radius 1 is 1.38 bits per heavy atom. The molecule has 0 spiro atoms. The molecule has 86 valence electrons. The second-order valence-corrected chi connectivity index (χ2v) is 3.90. The first kappa shape index (κ1) is 13.4. The Bertz CT molecular complexity index is 310. The van der Waals surface area contributed by atoms with Gasteiger partial charge >= 0.3 is 101 Å². The van der Waals surface area contributed by atoms with Crippen LogP contribution in [0.25, 0.3) is 0 Å². The minimum atomic E-state index is -0.651. The molecule has 0 bridgehead atoms. The van der Waals surface area contributed by atoms with Crippen LogP contribution in [0.1, 0.15) is 5.56 Å². The zero-order chi connectivity index (χ0) is 11.8. The van der Waals surface area contributed by atoms with Gasteiger partial charge in [-0.15, -0.1) is 0 Å². The van der Waals surface area contributed by atoms with Gasteiger partial charge in [-0.05, 0) is 0 Å². The van der Waals surface area contributed by atoms with Gasteiger partial charge in [0.05, 0.1) is 0 Å². The zero-order valence-electron chi connectivity index (χ0n) is 8.97. The van der Waals surface area contributed by atoms with E-state index in [1.54, 1.807) is 0 Å². The van der Waals surface area contributed by atoms with Crippen molar-refractivity contribution in [3.05, 3.63) is 35.9 Å². The molecule has 2 atom stereocenters. The van der Waals surface area contributed by atoms with Crippen molar-refractivity contribution < 1.29 is 9.81 Å². The van der Waals surface area contributed by atoms with Crippen molar-refractivity contribution in [3.63, 3.8) is 0 Å². The van der Waals surface area contributed by atoms with E-state index in [0.29, 0.717) is 6.42 Å². The molecule has 5 heteroatoms. The summed E-state index contributed by atoms with van der Waals surface area (Å²) in [5, 5.41) is 12.7. The van der Waals surface area contributed by atoms with Crippen LogP contribution in [0.15, 0.2) is 30.3 Å². The van der Waals surface area contributed by atoms with Gasteiger partial charge in [-0.3, -0.25) is 0 Å². The van der Waals surface area contributed by atoms with Crippen molar-refractivity contribution in [1.29, 1.82) is 0 Å². The molecule has 0 fully saturated rings. The van der Waals surface area contributed by atoms with E-state index in [4.69, 9.17) is 11.6 Å². The molecule has 1 unspecified atom stereocenters. The van der Waals surface area contributed by atoms with E-state index in [9.17, 15) is 9.81 Å². The summed E-state index contributed by atoms with van der Waals surface area (Å²) in [6.45, 7) is 0. The van der Waals surface area contributed by atoms with Crippen LogP contribution in [0.2, 0.25) is 0 Å². The second kappa shape index (κ2) is 7.55. The number of benzene rings is 1. The summed E-state index contributed by atoms with van der Waals surface area (Å²) in [6.07, 6.45) is 0.232. The zero-order valence-corrected chi connectivity index (χ0v) is 9.73. The van der Waals surface area contributed by atoms with Crippen molar-refractivity contribution in [3.8, 4) is 0 Å². The van der Waals surface area contributed by atoms with Crippen molar-refractivity contribution in [2.75, 3.05) is 12.3 Å². The molecule has 0 saturated heterocycles. The van der Waals surface area contributed by atoms with Crippen LogP contribution in [0, 0.1) is 0 Å². The number of rotatable bonds is 7. The number of aliphatic hydroxyl groups excluding tert-OH is 1. The fraction of sp³-hybridized carbons (Fsp3) is 0.455. The number of hydrogen-bond acceptors (Lipinski definition) is 3. The fourth-order valence-corrected chi connectivity index (χ4v) is 1.73. The monoisotopic (exact) mass is 239 g/mol. The van der Waals surface area contributed by atoms with E-state index in [-0.39, 0.29) is 18.4 Å². The van der Waals surface area contributed by atoms with Crippen LogP contribution in [-0.2, 0) is 11.1 Å². The van der Waals surface area contributed by atoms with Crippen molar-refractivity contribution in [2.45, 2.75) is 18.6 Å². The van der Waals surface area contributed by atoms with Gasteiger partial charge in [0.15, 0.2) is 0 Å². The Morgan fingerprint density at radius 3 is 2.62 bits per heavy atom. The molecule has 1 aromatic carbocycles. The third-order valence-corrected chi connectivity index (χ3v) is 2.70. The SMILES string of the molecule is O=BCN[C@@H](Cc1ccccc1)C(O)CCl. The van der Waals surface area contributed by atoms with Gasteiger partial charge in [-0.1, -0.05) is 0 Å². The molecule has 0 aromatic heterocycles. The molecule has 1 rings (SSSR count). The number of aliphatic hydroxyl groups is 1. The summed E-state index contributed by atoms with van der Waals surface area (Å²) in [5.41, 5.74) is 1.11. The van der Waals surface area contributed by atoms with Crippen molar-refractivity contribution in [2.24, 2.45) is 0 Å². The third kappa shape index (κ3) is 4.43. The standard InChI is InChI=1S/C11H15BClNO2/c13-7-11(15)10(14-8-12-16)6-9-4-2-1-3-5-9/h1-5,10-11,14-15H,6-8H2/t10-,11?/m0/s1. The molecule has 0 radical (unpaired) electrons. The Kier molecular flexibility index (Phi) is 6.30. The van der Waals surface area contributed by atoms with Crippen LogP contribution in [0.3, 0.4) is 0 Å². The fourth-order valence-electron chi connectivity index (χ4n) is 1.52. The number of hydrogen-bond donors (Lipinski definition) is 2. The predicted octanol–water partition coefficient (Wildman–Crippen LogP) is 0.794. The van der Waals surface area contributed by atoms with Crippen LogP contribution in [0.5, 0.6) is 0 Å². The van der Waals surface area contributed by atoms with E-state index in [1.165, 1.54) is 0 Å². The van der Waals surface area contributed by atoms with Crippen molar-refractivity contribution >= 4 is 18.8 Å². The van der Waals surface area contributed by atoms with Gasteiger partial charge in [-0.2, -0.15) is 0 Å². The Morgan fingerprint density at radius 2 is 2.06 bits per heavy atom. The summed E-state index contributed by atoms with van der Waals surface area (Å²) in [4.78, 5) is 0. The molecule has 0 heterocycles. The van der Waals surface area contributed by atoms with E-state index >= 15 is 0 Å². The average molecular weight is 240 g/mol. The Hall–Kier alpha value is -0.705. The molecule has 3 nitrogen and oxygen atoms in total. The third-order valence-electron chi connectivity index (χ3n) is 2.38. The molecule has 0 aliphatic heterocycles. The first-order chi connectivity index (χ1) is 7.77. The quantitative estimate of drug-likeness (QED) is 0.546. The summed E-state index contributed by atoms with van der Waals surface area (Å²) in [7, 11) is 0.777. The van der Waals surface area contributed by atoms with E-state index in [0.717, 1.165) is 12.7 Å². The molecule has 0 saturated carbocycles. The maximum atomic E-state index is 10.3. The van der Waals surface area contributed by atoms with Crippen LogP contribution in [-0.4, -0.2) is 36.7 Å². The minimum absolute atomic E-state index is 0.156. The summed E-state index contributed by atoms with van der Waals surface area (Å²) in [5.74, 6) is 0.156. The molecule has 16 heavy (non-hydrogen) atoms. The van der Waals surface area contributed by atoms with Gasteiger partial charge < -0.3 is 0 Å². The van der Waals surface area contributed by atoms with Crippen LogP contribution < -0.4 is 5.32 Å². The van der Waals surface area contributed by atoms with Gasteiger partial charge in [0.25, 0.3) is 0 Å². The first-order valence-corrected chi connectivity index (χ1v) is 5.76. The molecule has 0 aliphatic rings. The van der Waals surface area contributed by atoms with Crippen LogP contribution >= 0.6 is 11.6 Å². The first-order valence-electron chi connectivity index (χ1n) is 5.23. The summed E-state index contributed by atoms with van der Waals surface area (Å²) >= 11 is 5.61. The molecular formula is C11H15BClNO2. The van der Waals surface area contributed by atoms with E-state index in [2.05, 4.69) is 5.32 Å². The van der Waals surface area contributed by atoms with Crippen molar-refractivity contribution in [1.82, 2.24) is 5.32 Å². The molecule has 0 amide bonds. The topological polar surface area (TPSA) is 49.3 Å². The molecule has 2 N–H and O–H groups in total. The number of nitrogens with one attached hydrogen (secondary N) is 1. The summed E-state index contributed by atoms with van der Waals surface area (Å²) in [6, 6.07) is 9.60. The van der Waals surface area contributed by atoms with E-state index in [1.807, 2.05) is 30.3 Å². The van der Waals surface area contributed by atoms with Gasteiger partial charge in [0.1, 0.15) is 0 Å². The molecular weight excluding hydrogens is 224 g/mol. The molecule has 1 aromatic rings. The number of halogens is 1. The van der Waals surface area contributed by atoms with Crippen LogP contribution in [0.4, 0.5) is 0 Å². The summed E-state index contributed by atoms with van der Waals surface area (Å²) < 4.78 is 10.3. The molecule has 0 aliphatic carbocycles. The average Bonchev–Trinajstić information content (AvgIpc) is 2.34. The van der Waals surface area contributed by atoms with E-state index < -0.39 is 6.10 Å². The predicted molar refractivity (Wildman–Crippen MR) is 65.1 cm³/mol. The van der Waals surface area contributed by atoms with Gasteiger partial charge in [0, 0.05) is 0 Å². The Labute approximate surface area is 101 Å². The Balaban J connectivity index is 2.59. The maximum absolute atomic E-state index is 10.3. The van der Waals surface area contributed by atoms with Gasteiger partial charge in [0.2, 0.25) is 0 Å². The van der Waals surface area contributed by atoms with Gasteiger partial charge in [-0.25, -0.2) is 0 Å². The second-order valence-electron chi connectivity index (χ2n) is 3.59. The number of alkyl halides is 1. The normalized spacial score (nSPS) is 14.1.